The van der Waals surface area contributed by atoms with Crippen LogP contribution < -0.4 is 10.6 Å². The van der Waals surface area contributed by atoms with Crippen LogP contribution in [0.1, 0.15) is 31.2 Å². The lowest BCUT2D eigenvalue weighted by Gasteiger charge is -2.29. The van der Waals surface area contributed by atoms with Gasteiger partial charge in [0.15, 0.2) is 0 Å². The van der Waals surface area contributed by atoms with Crippen LogP contribution in [-0.4, -0.2) is 28.2 Å². The number of nitrogens with one attached hydrogen (secondary N) is 2. The maximum Gasteiger partial charge on any atom is 0.404 e. The molecule has 0 aromatic heterocycles. The minimum absolute atomic E-state index is 0.0541. The molecule has 1 fully saturated rings. The summed E-state index contributed by atoms with van der Waals surface area (Å²) in [5, 5.41) is 34.2. The maximum atomic E-state index is 11.1. The smallest absolute Gasteiger partial charge is 0.404 e. The van der Waals surface area contributed by atoms with E-state index >= 15 is 0 Å². The van der Waals surface area contributed by atoms with E-state index in [1.165, 1.54) is 18.2 Å². The van der Waals surface area contributed by atoms with Crippen molar-refractivity contribution in [1.29, 1.82) is 5.26 Å². The Labute approximate surface area is 126 Å². The fourth-order valence-electron chi connectivity index (χ4n) is 2.65. The number of hydrogen-bond acceptors (Lipinski definition) is 5. The van der Waals surface area contributed by atoms with Crippen LogP contribution in [0.2, 0.25) is 0 Å². The predicted molar refractivity (Wildman–Crippen MR) is 78.6 cm³/mol. The van der Waals surface area contributed by atoms with Crippen LogP contribution in [0.5, 0.6) is 0 Å². The number of carbonyl (C=O) groups is 1. The van der Waals surface area contributed by atoms with E-state index in [1.54, 1.807) is 0 Å². The largest absolute Gasteiger partial charge is 0.465 e. The lowest BCUT2D eigenvalue weighted by molar-refractivity contribution is -0.384. The molecule has 8 nitrogen and oxygen atoms in total. The number of carboxylic acid groups (broad SMARTS) is 1. The van der Waals surface area contributed by atoms with E-state index in [0.29, 0.717) is 18.5 Å². The number of anilines is 1. The minimum Gasteiger partial charge on any atom is -0.465 e. The second kappa shape index (κ2) is 6.76. The Hall–Kier alpha value is -2.82. The highest BCUT2D eigenvalue weighted by Gasteiger charge is 2.24. The molecule has 0 aliphatic heterocycles. The first kappa shape index (κ1) is 15.6. The summed E-state index contributed by atoms with van der Waals surface area (Å²) in [6.45, 7) is 0. The zero-order valence-electron chi connectivity index (χ0n) is 11.8. The number of amides is 1. The van der Waals surface area contributed by atoms with E-state index in [-0.39, 0.29) is 23.3 Å². The standard InChI is InChI=1S/C14H16N4O4/c15-8-9-1-6-12(13(7-9)18(21)22)16-10-2-4-11(5-3-10)17-14(19)20/h1,6-7,10-11,16-17H,2-5H2,(H,19,20). The van der Waals surface area contributed by atoms with Crippen LogP contribution in [0.4, 0.5) is 16.2 Å². The van der Waals surface area contributed by atoms with E-state index in [1.807, 2.05) is 6.07 Å². The number of rotatable bonds is 4. The van der Waals surface area contributed by atoms with Crippen molar-refractivity contribution in [2.24, 2.45) is 0 Å². The zero-order chi connectivity index (χ0) is 16.1. The number of nitro benzene ring substituents is 1. The summed E-state index contributed by atoms with van der Waals surface area (Å²) in [7, 11) is 0. The quantitative estimate of drug-likeness (QED) is 0.579. The molecular formula is C14H16N4O4. The first-order chi connectivity index (χ1) is 10.5. The predicted octanol–water partition coefficient (Wildman–Crippen LogP) is 2.46. The summed E-state index contributed by atoms with van der Waals surface area (Å²) in [4.78, 5) is 21.2. The molecular weight excluding hydrogens is 288 g/mol. The Kier molecular flexibility index (Phi) is 4.78. The van der Waals surface area contributed by atoms with Crippen LogP contribution in [0.3, 0.4) is 0 Å². The molecule has 0 unspecified atom stereocenters. The summed E-state index contributed by atoms with van der Waals surface area (Å²) >= 11 is 0. The summed E-state index contributed by atoms with van der Waals surface area (Å²) < 4.78 is 0. The van der Waals surface area contributed by atoms with Crippen LogP contribution in [-0.2, 0) is 0 Å². The van der Waals surface area contributed by atoms with E-state index in [4.69, 9.17) is 10.4 Å². The molecule has 0 atom stereocenters. The maximum absolute atomic E-state index is 11.1. The van der Waals surface area contributed by atoms with E-state index in [2.05, 4.69) is 10.6 Å². The number of benzene rings is 1. The van der Waals surface area contributed by atoms with Gasteiger partial charge in [-0.2, -0.15) is 5.26 Å². The van der Waals surface area contributed by atoms with Crippen molar-refractivity contribution < 1.29 is 14.8 Å². The molecule has 116 valence electrons. The fraction of sp³-hybridized carbons (Fsp3) is 0.429. The lowest BCUT2D eigenvalue weighted by atomic mass is 9.91. The van der Waals surface area contributed by atoms with Gasteiger partial charge in [0.25, 0.3) is 5.69 Å². The average molecular weight is 304 g/mol. The van der Waals surface area contributed by atoms with Gasteiger partial charge < -0.3 is 15.7 Å². The van der Waals surface area contributed by atoms with Crippen molar-refractivity contribution >= 4 is 17.5 Å². The summed E-state index contributed by atoms with van der Waals surface area (Å²) in [5.74, 6) is 0. The second-order valence-corrected chi connectivity index (χ2v) is 5.24. The van der Waals surface area contributed by atoms with Gasteiger partial charge in [-0.25, -0.2) is 4.79 Å². The molecule has 1 amide bonds. The van der Waals surface area contributed by atoms with Gasteiger partial charge in [-0.3, -0.25) is 10.1 Å². The molecule has 0 radical (unpaired) electrons. The van der Waals surface area contributed by atoms with Crippen LogP contribution in [0, 0.1) is 21.4 Å². The topological polar surface area (TPSA) is 128 Å². The first-order valence-corrected chi connectivity index (χ1v) is 6.94. The van der Waals surface area contributed by atoms with Crippen LogP contribution in [0.25, 0.3) is 0 Å². The summed E-state index contributed by atoms with van der Waals surface area (Å²) in [6.07, 6.45) is 1.80. The molecule has 1 aliphatic carbocycles. The van der Waals surface area contributed by atoms with Crippen molar-refractivity contribution in [3.05, 3.63) is 33.9 Å². The van der Waals surface area contributed by atoms with Gasteiger partial charge in [0.2, 0.25) is 0 Å². The monoisotopic (exact) mass is 304 g/mol. The average Bonchev–Trinajstić information content (AvgIpc) is 2.49. The first-order valence-electron chi connectivity index (χ1n) is 6.94. The van der Waals surface area contributed by atoms with Gasteiger partial charge in [-0.1, -0.05) is 0 Å². The minimum atomic E-state index is -1.03. The molecule has 0 saturated heterocycles. The Morgan fingerprint density at radius 3 is 2.50 bits per heavy atom. The van der Waals surface area contributed by atoms with Crippen molar-refractivity contribution in [2.45, 2.75) is 37.8 Å². The molecule has 8 heteroatoms. The van der Waals surface area contributed by atoms with Crippen molar-refractivity contribution in [3.8, 4) is 6.07 Å². The van der Waals surface area contributed by atoms with E-state index in [0.717, 1.165) is 12.8 Å². The van der Waals surface area contributed by atoms with E-state index < -0.39 is 11.0 Å². The second-order valence-electron chi connectivity index (χ2n) is 5.24. The van der Waals surface area contributed by atoms with E-state index in [9.17, 15) is 14.9 Å². The lowest BCUT2D eigenvalue weighted by Crippen LogP contribution is -2.39. The Balaban J connectivity index is 2.02. The summed E-state index contributed by atoms with van der Waals surface area (Å²) in [6, 6.07) is 6.20. The molecule has 1 aliphatic rings. The van der Waals surface area contributed by atoms with Gasteiger partial charge >= 0.3 is 6.09 Å². The third kappa shape index (κ3) is 3.85. The highest BCUT2D eigenvalue weighted by molar-refractivity contribution is 5.65. The molecule has 1 aromatic rings. The zero-order valence-corrected chi connectivity index (χ0v) is 11.8. The highest BCUT2D eigenvalue weighted by atomic mass is 16.6. The van der Waals surface area contributed by atoms with Gasteiger partial charge in [0.1, 0.15) is 5.69 Å². The van der Waals surface area contributed by atoms with Gasteiger partial charge in [0.05, 0.1) is 16.6 Å². The van der Waals surface area contributed by atoms with Crippen molar-refractivity contribution in [2.75, 3.05) is 5.32 Å². The van der Waals surface area contributed by atoms with Gasteiger partial charge in [0, 0.05) is 18.2 Å². The number of nitriles is 1. The SMILES string of the molecule is N#Cc1ccc(NC2CCC(NC(=O)O)CC2)c([N+](=O)[O-])c1. The Morgan fingerprint density at radius 2 is 1.95 bits per heavy atom. The molecule has 1 aromatic carbocycles. The number of nitrogens with zero attached hydrogens (tertiary/aromatic N) is 2. The number of hydrogen-bond donors (Lipinski definition) is 3. The Bertz CT molecular complexity index is 618. The Morgan fingerprint density at radius 1 is 1.32 bits per heavy atom. The fourth-order valence-corrected chi connectivity index (χ4v) is 2.65. The summed E-state index contributed by atoms with van der Waals surface area (Å²) in [5.41, 5.74) is 0.509. The van der Waals surface area contributed by atoms with Gasteiger partial charge in [-0.15, -0.1) is 0 Å². The van der Waals surface area contributed by atoms with Crippen molar-refractivity contribution in [1.82, 2.24) is 5.32 Å². The highest BCUT2D eigenvalue weighted by Crippen LogP contribution is 2.29. The molecule has 2 rings (SSSR count). The normalized spacial score (nSPS) is 20.7. The van der Waals surface area contributed by atoms with Crippen LogP contribution >= 0.6 is 0 Å². The third-order valence-electron chi connectivity index (χ3n) is 3.74. The molecule has 22 heavy (non-hydrogen) atoms. The third-order valence-corrected chi connectivity index (χ3v) is 3.74. The molecule has 1 saturated carbocycles. The number of nitro groups is 1. The van der Waals surface area contributed by atoms with Crippen LogP contribution in [0.15, 0.2) is 18.2 Å². The van der Waals surface area contributed by atoms with Gasteiger partial charge in [-0.05, 0) is 37.8 Å². The van der Waals surface area contributed by atoms with Crippen molar-refractivity contribution in [3.63, 3.8) is 0 Å². The molecule has 0 bridgehead atoms. The molecule has 0 heterocycles. The molecule has 0 spiro atoms. The molecule has 3 N–H and O–H groups in total.